The second-order valence-electron chi connectivity index (χ2n) is 5.11. The Morgan fingerprint density at radius 2 is 2.16 bits per heavy atom. The van der Waals surface area contributed by atoms with Gasteiger partial charge in [-0.05, 0) is 25.7 Å². The summed E-state index contributed by atoms with van der Waals surface area (Å²) in [5.74, 6) is 1.16. The average molecular weight is 284 g/mol. The first kappa shape index (κ1) is 14.1. The lowest BCUT2D eigenvalue weighted by molar-refractivity contribution is -0.385. The van der Waals surface area contributed by atoms with Crippen LogP contribution in [0.3, 0.4) is 0 Å². The van der Waals surface area contributed by atoms with Crippen molar-refractivity contribution in [2.45, 2.75) is 45.1 Å². The standard InChI is InChI=1S/C13H18ClN3O2/c1-9(10-5-3-2-4-6-10)16-13-12(14)7-11(8-15-13)17(18)19/h7-10H,2-6H2,1H3,(H,15,16). The summed E-state index contributed by atoms with van der Waals surface area (Å²) in [6, 6.07) is 1.62. The molecule has 0 amide bonds. The van der Waals surface area contributed by atoms with E-state index in [1.807, 2.05) is 0 Å². The van der Waals surface area contributed by atoms with Gasteiger partial charge < -0.3 is 5.32 Å². The van der Waals surface area contributed by atoms with E-state index >= 15 is 0 Å². The minimum absolute atomic E-state index is 0.0825. The molecule has 6 heteroatoms. The number of nitro groups is 1. The van der Waals surface area contributed by atoms with Crippen LogP contribution in [0.25, 0.3) is 0 Å². The van der Waals surface area contributed by atoms with Gasteiger partial charge in [0.25, 0.3) is 5.69 Å². The highest BCUT2D eigenvalue weighted by Gasteiger charge is 2.21. The van der Waals surface area contributed by atoms with Gasteiger partial charge in [-0.15, -0.1) is 0 Å². The largest absolute Gasteiger partial charge is 0.366 e. The molecule has 1 atom stereocenters. The van der Waals surface area contributed by atoms with Gasteiger partial charge in [-0.3, -0.25) is 10.1 Å². The summed E-state index contributed by atoms with van der Waals surface area (Å²) in [6.07, 6.45) is 7.55. The van der Waals surface area contributed by atoms with Gasteiger partial charge in [-0.2, -0.15) is 0 Å². The van der Waals surface area contributed by atoms with E-state index in [-0.39, 0.29) is 11.7 Å². The maximum Gasteiger partial charge on any atom is 0.289 e. The van der Waals surface area contributed by atoms with E-state index < -0.39 is 4.92 Å². The predicted octanol–water partition coefficient (Wildman–Crippen LogP) is 4.02. The Morgan fingerprint density at radius 1 is 1.47 bits per heavy atom. The summed E-state index contributed by atoms with van der Waals surface area (Å²) in [5, 5.41) is 14.2. The van der Waals surface area contributed by atoms with E-state index in [4.69, 9.17) is 11.6 Å². The molecule has 1 saturated carbocycles. The zero-order valence-corrected chi connectivity index (χ0v) is 11.7. The quantitative estimate of drug-likeness (QED) is 0.669. The topological polar surface area (TPSA) is 68.1 Å². The van der Waals surface area contributed by atoms with Gasteiger partial charge in [0.2, 0.25) is 0 Å². The van der Waals surface area contributed by atoms with Crippen LogP contribution < -0.4 is 5.32 Å². The highest BCUT2D eigenvalue weighted by Crippen LogP contribution is 2.30. The van der Waals surface area contributed by atoms with Crippen molar-refractivity contribution in [2.75, 3.05) is 5.32 Å². The van der Waals surface area contributed by atoms with Crippen LogP contribution in [0.2, 0.25) is 5.02 Å². The van der Waals surface area contributed by atoms with E-state index in [9.17, 15) is 10.1 Å². The van der Waals surface area contributed by atoms with Gasteiger partial charge in [0.15, 0.2) is 0 Å². The fourth-order valence-corrected chi connectivity index (χ4v) is 2.82. The summed E-state index contributed by atoms with van der Waals surface area (Å²) in [4.78, 5) is 14.2. The van der Waals surface area contributed by atoms with E-state index in [1.54, 1.807) is 0 Å². The zero-order valence-electron chi connectivity index (χ0n) is 10.9. The van der Waals surface area contributed by atoms with E-state index in [2.05, 4.69) is 17.2 Å². The molecule has 0 aromatic carbocycles. The molecule has 1 aliphatic carbocycles. The first-order valence-electron chi connectivity index (χ1n) is 6.64. The van der Waals surface area contributed by atoms with Crippen molar-refractivity contribution < 1.29 is 4.92 Å². The number of hydrogen-bond donors (Lipinski definition) is 1. The molecule has 104 valence electrons. The lowest BCUT2D eigenvalue weighted by Gasteiger charge is -2.28. The Balaban J connectivity index is 2.03. The molecule has 2 rings (SSSR count). The Labute approximate surface area is 117 Å². The molecule has 1 aromatic heterocycles. The average Bonchev–Trinajstić information content (AvgIpc) is 2.41. The molecular formula is C13H18ClN3O2. The van der Waals surface area contributed by atoms with Crippen molar-refractivity contribution >= 4 is 23.1 Å². The third-order valence-electron chi connectivity index (χ3n) is 3.76. The molecule has 0 spiro atoms. The van der Waals surface area contributed by atoms with Gasteiger partial charge in [-0.25, -0.2) is 4.98 Å². The molecule has 1 aliphatic rings. The lowest BCUT2D eigenvalue weighted by atomic mass is 9.84. The molecular weight excluding hydrogens is 266 g/mol. The third-order valence-corrected chi connectivity index (χ3v) is 4.05. The molecule has 1 aromatic rings. The number of pyridine rings is 1. The van der Waals surface area contributed by atoms with E-state index in [1.165, 1.54) is 44.4 Å². The minimum atomic E-state index is -0.493. The number of rotatable bonds is 4. The summed E-state index contributed by atoms with van der Waals surface area (Å²) >= 11 is 6.03. The van der Waals surface area contributed by atoms with Crippen LogP contribution in [0.4, 0.5) is 11.5 Å². The number of halogens is 1. The number of nitrogens with zero attached hydrogens (tertiary/aromatic N) is 2. The van der Waals surface area contributed by atoms with Crippen LogP contribution in [0, 0.1) is 16.0 Å². The highest BCUT2D eigenvalue weighted by atomic mass is 35.5. The van der Waals surface area contributed by atoms with Crippen LogP contribution >= 0.6 is 11.6 Å². The van der Waals surface area contributed by atoms with Crippen molar-refractivity contribution in [2.24, 2.45) is 5.92 Å². The number of aromatic nitrogens is 1. The summed E-state index contributed by atoms with van der Waals surface area (Å²) in [7, 11) is 0. The highest BCUT2D eigenvalue weighted by molar-refractivity contribution is 6.33. The van der Waals surface area contributed by atoms with Crippen LogP contribution in [0.1, 0.15) is 39.0 Å². The Bertz CT molecular complexity index is 461. The molecule has 0 bridgehead atoms. The molecule has 1 heterocycles. The lowest BCUT2D eigenvalue weighted by Crippen LogP contribution is -2.28. The SMILES string of the molecule is CC(Nc1ncc([N+](=O)[O-])cc1Cl)C1CCCCC1. The molecule has 5 nitrogen and oxygen atoms in total. The number of nitrogens with one attached hydrogen (secondary N) is 1. The van der Waals surface area contributed by atoms with Crippen LogP contribution in [-0.4, -0.2) is 15.9 Å². The molecule has 1 fully saturated rings. The predicted molar refractivity (Wildman–Crippen MR) is 75.6 cm³/mol. The number of anilines is 1. The van der Waals surface area contributed by atoms with Gasteiger partial charge in [0, 0.05) is 12.1 Å². The Morgan fingerprint density at radius 3 is 2.74 bits per heavy atom. The molecule has 1 unspecified atom stereocenters. The first-order valence-corrected chi connectivity index (χ1v) is 7.02. The third kappa shape index (κ3) is 3.56. The van der Waals surface area contributed by atoms with Crippen molar-refractivity contribution in [3.8, 4) is 0 Å². The summed E-state index contributed by atoms with van der Waals surface area (Å²) < 4.78 is 0. The normalized spacial score (nSPS) is 18.0. The zero-order chi connectivity index (χ0) is 13.8. The van der Waals surface area contributed by atoms with Gasteiger partial charge in [0.1, 0.15) is 12.0 Å². The molecule has 1 N–H and O–H groups in total. The van der Waals surface area contributed by atoms with E-state index in [0.717, 1.165) is 0 Å². The van der Waals surface area contributed by atoms with Crippen LogP contribution in [-0.2, 0) is 0 Å². The number of hydrogen-bond acceptors (Lipinski definition) is 4. The maximum atomic E-state index is 10.6. The fraction of sp³-hybridized carbons (Fsp3) is 0.615. The van der Waals surface area contributed by atoms with Crippen molar-refractivity contribution in [1.82, 2.24) is 4.98 Å². The fourth-order valence-electron chi connectivity index (χ4n) is 2.60. The van der Waals surface area contributed by atoms with E-state index in [0.29, 0.717) is 16.8 Å². The summed E-state index contributed by atoms with van der Waals surface area (Å²) in [6.45, 7) is 2.12. The monoisotopic (exact) mass is 283 g/mol. The van der Waals surface area contributed by atoms with Crippen molar-refractivity contribution in [1.29, 1.82) is 0 Å². The van der Waals surface area contributed by atoms with Crippen LogP contribution in [0.5, 0.6) is 0 Å². The first-order chi connectivity index (χ1) is 9.08. The van der Waals surface area contributed by atoms with Gasteiger partial charge in [-0.1, -0.05) is 30.9 Å². The molecule has 19 heavy (non-hydrogen) atoms. The minimum Gasteiger partial charge on any atom is -0.366 e. The van der Waals surface area contributed by atoms with Gasteiger partial charge >= 0.3 is 0 Å². The summed E-state index contributed by atoms with van der Waals surface area (Å²) in [5.41, 5.74) is -0.0825. The maximum absolute atomic E-state index is 10.6. The van der Waals surface area contributed by atoms with Crippen LogP contribution in [0.15, 0.2) is 12.3 Å². The molecule has 0 saturated heterocycles. The molecule has 0 radical (unpaired) electrons. The van der Waals surface area contributed by atoms with Crippen molar-refractivity contribution in [3.63, 3.8) is 0 Å². The van der Waals surface area contributed by atoms with Gasteiger partial charge in [0.05, 0.1) is 9.95 Å². The van der Waals surface area contributed by atoms with Crippen molar-refractivity contribution in [3.05, 3.63) is 27.4 Å². The second kappa shape index (κ2) is 6.19. The molecule has 0 aliphatic heterocycles. The second-order valence-corrected chi connectivity index (χ2v) is 5.52. The smallest absolute Gasteiger partial charge is 0.289 e. The Hall–Kier alpha value is -1.36. The Kier molecular flexibility index (Phi) is 4.58.